The molecule has 2 N–H and O–H groups in total. The van der Waals surface area contributed by atoms with Crippen molar-refractivity contribution in [3.63, 3.8) is 0 Å². The minimum atomic E-state index is -0.854. The Bertz CT molecular complexity index is 328. The number of carboxylic acids is 1. The first-order chi connectivity index (χ1) is 6.63. The van der Waals surface area contributed by atoms with Crippen LogP contribution in [0.25, 0.3) is 0 Å². The number of rotatable bonds is 4. The number of nitrogens with one attached hydrogen (secondary N) is 1. The van der Waals surface area contributed by atoms with E-state index in [1.807, 2.05) is 6.92 Å². The molecule has 0 saturated carbocycles. The molecule has 1 aromatic carbocycles. The smallest absolute Gasteiger partial charge is 0.326 e. The Morgan fingerprint density at radius 2 is 2.36 bits per heavy atom. The summed E-state index contributed by atoms with van der Waals surface area (Å²) in [6.07, 6.45) is 0.530. The molecule has 0 radical (unpaired) electrons. The Kier molecular flexibility index (Phi) is 3.77. The van der Waals surface area contributed by atoms with Crippen molar-refractivity contribution in [2.45, 2.75) is 19.4 Å². The SMILES string of the molecule is CC[C@@H](Nc1cccc(Cl)c1)C(=O)O. The fourth-order valence-electron chi connectivity index (χ4n) is 1.12. The number of carbonyl (C=O) groups is 1. The number of benzene rings is 1. The number of carboxylic acid groups (broad SMARTS) is 1. The minimum absolute atomic E-state index is 0.530. The van der Waals surface area contributed by atoms with Crippen LogP contribution in [0.1, 0.15) is 13.3 Å². The molecule has 4 heteroatoms. The zero-order valence-corrected chi connectivity index (χ0v) is 8.58. The zero-order chi connectivity index (χ0) is 10.6. The monoisotopic (exact) mass is 213 g/mol. The van der Waals surface area contributed by atoms with Gasteiger partial charge in [0, 0.05) is 10.7 Å². The van der Waals surface area contributed by atoms with Gasteiger partial charge in [-0.2, -0.15) is 0 Å². The van der Waals surface area contributed by atoms with Gasteiger partial charge in [-0.3, -0.25) is 0 Å². The normalized spacial score (nSPS) is 12.1. The molecule has 14 heavy (non-hydrogen) atoms. The van der Waals surface area contributed by atoms with Gasteiger partial charge in [0.05, 0.1) is 0 Å². The van der Waals surface area contributed by atoms with Crippen molar-refractivity contribution in [3.05, 3.63) is 29.3 Å². The van der Waals surface area contributed by atoms with Gasteiger partial charge in [-0.25, -0.2) is 4.79 Å². The first-order valence-electron chi connectivity index (χ1n) is 4.38. The van der Waals surface area contributed by atoms with Crippen LogP contribution in [0.3, 0.4) is 0 Å². The molecule has 0 unspecified atom stereocenters. The van der Waals surface area contributed by atoms with Crippen LogP contribution >= 0.6 is 11.6 Å². The molecular formula is C10H12ClNO2. The average molecular weight is 214 g/mol. The van der Waals surface area contributed by atoms with Gasteiger partial charge in [0.15, 0.2) is 0 Å². The van der Waals surface area contributed by atoms with Crippen molar-refractivity contribution < 1.29 is 9.90 Å². The summed E-state index contributed by atoms with van der Waals surface area (Å²) >= 11 is 5.76. The summed E-state index contributed by atoms with van der Waals surface area (Å²) in [6.45, 7) is 1.82. The Hall–Kier alpha value is -1.22. The predicted molar refractivity (Wildman–Crippen MR) is 56.8 cm³/mol. The van der Waals surface area contributed by atoms with Crippen molar-refractivity contribution in [2.24, 2.45) is 0 Å². The second-order valence-electron chi connectivity index (χ2n) is 2.95. The molecule has 76 valence electrons. The number of hydrogen-bond donors (Lipinski definition) is 2. The standard InChI is InChI=1S/C10H12ClNO2/c1-2-9(10(13)14)12-8-5-3-4-7(11)6-8/h3-6,9,12H,2H2,1H3,(H,13,14)/t9-/m1/s1. The molecule has 1 rings (SSSR count). The van der Waals surface area contributed by atoms with E-state index in [1.54, 1.807) is 24.3 Å². The fourth-order valence-corrected chi connectivity index (χ4v) is 1.31. The van der Waals surface area contributed by atoms with E-state index in [4.69, 9.17) is 16.7 Å². The van der Waals surface area contributed by atoms with E-state index >= 15 is 0 Å². The van der Waals surface area contributed by atoms with Crippen molar-refractivity contribution in [2.75, 3.05) is 5.32 Å². The van der Waals surface area contributed by atoms with Gasteiger partial charge in [0.25, 0.3) is 0 Å². The molecule has 3 nitrogen and oxygen atoms in total. The molecule has 0 bridgehead atoms. The summed E-state index contributed by atoms with van der Waals surface area (Å²) in [6, 6.07) is 6.45. The van der Waals surface area contributed by atoms with Crippen LogP contribution in [0.4, 0.5) is 5.69 Å². The van der Waals surface area contributed by atoms with Crippen molar-refractivity contribution in [1.29, 1.82) is 0 Å². The molecule has 0 aliphatic heterocycles. The summed E-state index contributed by atoms with van der Waals surface area (Å²) in [7, 11) is 0. The predicted octanol–water partition coefficient (Wildman–Crippen LogP) is 2.62. The molecule has 1 aromatic rings. The van der Waals surface area contributed by atoms with Gasteiger partial charge in [-0.1, -0.05) is 24.6 Å². The number of aliphatic carboxylic acids is 1. The Morgan fingerprint density at radius 1 is 1.64 bits per heavy atom. The van der Waals surface area contributed by atoms with E-state index in [-0.39, 0.29) is 0 Å². The zero-order valence-electron chi connectivity index (χ0n) is 7.83. The summed E-state index contributed by atoms with van der Waals surface area (Å²) in [4.78, 5) is 10.7. The van der Waals surface area contributed by atoms with Crippen LogP contribution in [0, 0.1) is 0 Å². The van der Waals surface area contributed by atoms with Crippen LogP contribution < -0.4 is 5.32 Å². The third kappa shape index (κ3) is 2.92. The molecule has 1 atom stereocenters. The van der Waals surface area contributed by atoms with E-state index in [0.717, 1.165) is 5.69 Å². The third-order valence-corrected chi connectivity index (χ3v) is 2.11. The summed E-state index contributed by atoms with van der Waals surface area (Å²) in [5, 5.41) is 12.3. The molecule has 0 aromatic heterocycles. The highest BCUT2D eigenvalue weighted by Gasteiger charge is 2.13. The van der Waals surface area contributed by atoms with Gasteiger partial charge < -0.3 is 10.4 Å². The van der Waals surface area contributed by atoms with Crippen molar-refractivity contribution in [1.82, 2.24) is 0 Å². The van der Waals surface area contributed by atoms with Crippen LogP contribution in [-0.2, 0) is 4.79 Å². The third-order valence-electron chi connectivity index (χ3n) is 1.87. The second-order valence-corrected chi connectivity index (χ2v) is 3.39. The summed E-state index contributed by atoms with van der Waals surface area (Å²) < 4.78 is 0. The molecule has 0 aliphatic rings. The van der Waals surface area contributed by atoms with E-state index in [9.17, 15) is 4.79 Å². The van der Waals surface area contributed by atoms with Crippen LogP contribution in [-0.4, -0.2) is 17.1 Å². The lowest BCUT2D eigenvalue weighted by Crippen LogP contribution is -2.28. The van der Waals surface area contributed by atoms with Crippen LogP contribution in [0.5, 0.6) is 0 Å². The number of anilines is 1. The molecule has 0 fully saturated rings. The highest BCUT2D eigenvalue weighted by atomic mass is 35.5. The Morgan fingerprint density at radius 3 is 2.86 bits per heavy atom. The Balaban J connectivity index is 2.72. The molecule has 0 spiro atoms. The van der Waals surface area contributed by atoms with Gasteiger partial charge >= 0.3 is 5.97 Å². The molecule has 0 heterocycles. The van der Waals surface area contributed by atoms with E-state index < -0.39 is 12.0 Å². The van der Waals surface area contributed by atoms with Crippen LogP contribution in [0.2, 0.25) is 5.02 Å². The molecule has 0 aliphatic carbocycles. The molecule has 0 saturated heterocycles. The van der Waals surface area contributed by atoms with Gasteiger partial charge in [-0.05, 0) is 24.6 Å². The minimum Gasteiger partial charge on any atom is -0.480 e. The fraction of sp³-hybridized carbons (Fsp3) is 0.300. The lowest BCUT2D eigenvalue weighted by atomic mass is 10.2. The van der Waals surface area contributed by atoms with Gasteiger partial charge in [-0.15, -0.1) is 0 Å². The van der Waals surface area contributed by atoms with E-state index in [1.165, 1.54) is 0 Å². The summed E-state index contributed by atoms with van der Waals surface area (Å²) in [5.41, 5.74) is 0.728. The number of hydrogen-bond acceptors (Lipinski definition) is 2. The van der Waals surface area contributed by atoms with Crippen LogP contribution in [0.15, 0.2) is 24.3 Å². The first-order valence-corrected chi connectivity index (χ1v) is 4.76. The largest absolute Gasteiger partial charge is 0.480 e. The molecule has 0 amide bonds. The second kappa shape index (κ2) is 4.86. The van der Waals surface area contributed by atoms with Gasteiger partial charge in [0.2, 0.25) is 0 Å². The van der Waals surface area contributed by atoms with Crippen molar-refractivity contribution >= 4 is 23.3 Å². The lowest BCUT2D eigenvalue weighted by molar-refractivity contribution is -0.137. The lowest BCUT2D eigenvalue weighted by Gasteiger charge is -2.13. The quantitative estimate of drug-likeness (QED) is 0.809. The average Bonchev–Trinajstić information content (AvgIpc) is 2.14. The van der Waals surface area contributed by atoms with E-state index in [2.05, 4.69) is 5.32 Å². The van der Waals surface area contributed by atoms with Gasteiger partial charge in [0.1, 0.15) is 6.04 Å². The molecular weight excluding hydrogens is 202 g/mol. The van der Waals surface area contributed by atoms with E-state index in [0.29, 0.717) is 11.4 Å². The number of halogens is 1. The Labute approximate surface area is 87.7 Å². The maximum atomic E-state index is 10.7. The highest BCUT2D eigenvalue weighted by molar-refractivity contribution is 6.30. The highest BCUT2D eigenvalue weighted by Crippen LogP contribution is 2.16. The van der Waals surface area contributed by atoms with Crippen molar-refractivity contribution in [3.8, 4) is 0 Å². The maximum absolute atomic E-state index is 10.7. The summed E-state index contributed by atoms with van der Waals surface area (Å²) in [5.74, 6) is -0.854. The maximum Gasteiger partial charge on any atom is 0.326 e. The first kappa shape index (κ1) is 10.9. The topological polar surface area (TPSA) is 49.3 Å².